The van der Waals surface area contributed by atoms with E-state index in [0.717, 1.165) is 13.0 Å². The van der Waals surface area contributed by atoms with Gasteiger partial charge in [0.2, 0.25) is 5.91 Å². The molecule has 1 aliphatic rings. The van der Waals surface area contributed by atoms with Gasteiger partial charge in [0, 0.05) is 24.0 Å². The van der Waals surface area contributed by atoms with Gasteiger partial charge in [0.15, 0.2) is 0 Å². The molecule has 1 saturated heterocycles. The molecule has 3 rings (SSSR count). The molecule has 1 unspecified atom stereocenters. The average molecular weight is 316 g/mol. The maximum atomic E-state index is 13.6. The number of halogens is 1. The van der Waals surface area contributed by atoms with Crippen LogP contribution in [0.4, 0.5) is 10.2 Å². The van der Waals surface area contributed by atoms with Crippen LogP contribution in [0.3, 0.4) is 0 Å². The van der Waals surface area contributed by atoms with Gasteiger partial charge in [-0.25, -0.2) is 14.4 Å². The maximum absolute atomic E-state index is 13.6. The van der Waals surface area contributed by atoms with Gasteiger partial charge in [-0.1, -0.05) is 0 Å². The van der Waals surface area contributed by atoms with Crippen LogP contribution in [0.2, 0.25) is 0 Å². The summed E-state index contributed by atoms with van der Waals surface area (Å²) >= 11 is 0. The van der Waals surface area contributed by atoms with Crippen molar-refractivity contribution in [1.82, 2.24) is 15.3 Å². The molecule has 2 aromatic rings. The lowest BCUT2D eigenvalue weighted by atomic mass is 10.0. The minimum atomic E-state index is -0.310. The van der Waals surface area contributed by atoms with Gasteiger partial charge in [-0.05, 0) is 45.4 Å². The molecule has 1 aromatic carbocycles. The molecule has 1 aromatic heterocycles. The highest BCUT2D eigenvalue weighted by Crippen LogP contribution is 2.28. The van der Waals surface area contributed by atoms with Gasteiger partial charge >= 0.3 is 0 Å². The Morgan fingerprint density at radius 1 is 1.35 bits per heavy atom. The summed E-state index contributed by atoms with van der Waals surface area (Å²) in [7, 11) is 0. The first-order valence-electron chi connectivity index (χ1n) is 7.81. The summed E-state index contributed by atoms with van der Waals surface area (Å²) in [5.41, 5.74) is 0.467. The van der Waals surface area contributed by atoms with Crippen LogP contribution in [0, 0.1) is 11.7 Å². The second-order valence-electron chi connectivity index (χ2n) is 7.03. The summed E-state index contributed by atoms with van der Waals surface area (Å²) in [4.78, 5) is 22.9. The quantitative estimate of drug-likeness (QED) is 0.925. The Balaban J connectivity index is 1.82. The third-order valence-corrected chi connectivity index (χ3v) is 3.93. The van der Waals surface area contributed by atoms with Crippen LogP contribution in [-0.4, -0.2) is 34.5 Å². The van der Waals surface area contributed by atoms with Crippen molar-refractivity contribution in [2.45, 2.75) is 32.7 Å². The zero-order chi connectivity index (χ0) is 16.6. The number of anilines is 1. The SMILES string of the molecule is CC(C)(C)NC(=O)C1CCN(c2ncnc3ccc(F)cc23)C1. The van der Waals surface area contributed by atoms with Crippen molar-refractivity contribution in [2.75, 3.05) is 18.0 Å². The Hall–Kier alpha value is -2.24. The Morgan fingerprint density at radius 2 is 2.13 bits per heavy atom. The van der Waals surface area contributed by atoms with E-state index in [9.17, 15) is 9.18 Å². The average Bonchev–Trinajstić information content (AvgIpc) is 2.94. The third kappa shape index (κ3) is 3.41. The van der Waals surface area contributed by atoms with Crippen molar-refractivity contribution in [3.8, 4) is 0 Å². The number of amides is 1. The Labute approximate surface area is 134 Å². The van der Waals surface area contributed by atoms with Crippen LogP contribution in [0.1, 0.15) is 27.2 Å². The molecule has 0 radical (unpaired) electrons. The Kier molecular flexibility index (Phi) is 3.92. The monoisotopic (exact) mass is 316 g/mol. The van der Waals surface area contributed by atoms with Crippen LogP contribution in [0.25, 0.3) is 10.9 Å². The summed E-state index contributed by atoms with van der Waals surface area (Å²) in [6.45, 7) is 7.23. The zero-order valence-electron chi connectivity index (χ0n) is 13.6. The Bertz CT molecular complexity index is 741. The molecule has 1 fully saturated rings. The minimum Gasteiger partial charge on any atom is -0.355 e. The van der Waals surface area contributed by atoms with Crippen molar-refractivity contribution in [1.29, 1.82) is 0 Å². The van der Waals surface area contributed by atoms with E-state index in [0.29, 0.717) is 23.3 Å². The molecular formula is C17H21FN4O. The number of nitrogens with zero attached hydrogens (tertiary/aromatic N) is 3. The van der Waals surface area contributed by atoms with E-state index in [4.69, 9.17) is 0 Å². The largest absolute Gasteiger partial charge is 0.355 e. The molecule has 1 aliphatic heterocycles. The van der Waals surface area contributed by atoms with Crippen LogP contribution >= 0.6 is 0 Å². The molecule has 0 saturated carbocycles. The molecular weight excluding hydrogens is 295 g/mol. The molecule has 1 N–H and O–H groups in total. The summed E-state index contributed by atoms with van der Waals surface area (Å²) in [6.07, 6.45) is 2.25. The minimum absolute atomic E-state index is 0.0598. The van der Waals surface area contributed by atoms with E-state index < -0.39 is 0 Å². The number of carbonyl (C=O) groups excluding carboxylic acids is 1. The van der Waals surface area contributed by atoms with Gasteiger partial charge in [0.05, 0.1) is 11.4 Å². The lowest BCUT2D eigenvalue weighted by Gasteiger charge is -2.23. The number of rotatable bonds is 2. The van der Waals surface area contributed by atoms with Crippen molar-refractivity contribution in [2.24, 2.45) is 5.92 Å². The number of benzene rings is 1. The molecule has 23 heavy (non-hydrogen) atoms. The lowest BCUT2D eigenvalue weighted by Crippen LogP contribution is -2.44. The van der Waals surface area contributed by atoms with E-state index in [2.05, 4.69) is 15.3 Å². The molecule has 1 atom stereocenters. The molecule has 6 heteroatoms. The van der Waals surface area contributed by atoms with Gasteiger partial charge in [-0.3, -0.25) is 4.79 Å². The number of hydrogen-bond acceptors (Lipinski definition) is 4. The standard InChI is InChI=1S/C17H21FN4O/c1-17(2,3)21-16(23)11-6-7-22(9-11)15-13-8-12(18)4-5-14(13)19-10-20-15/h4-5,8,10-11H,6-7,9H2,1-3H3,(H,21,23). The molecule has 2 heterocycles. The third-order valence-electron chi connectivity index (χ3n) is 3.93. The number of aromatic nitrogens is 2. The van der Waals surface area contributed by atoms with Gasteiger partial charge < -0.3 is 10.2 Å². The molecule has 1 amide bonds. The molecule has 122 valence electrons. The van der Waals surface area contributed by atoms with Gasteiger partial charge in [-0.15, -0.1) is 0 Å². The second kappa shape index (κ2) is 5.76. The van der Waals surface area contributed by atoms with Crippen molar-refractivity contribution < 1.29 is 9.18 Å². The first-order valence-corrected chi connectivity index (χ1v) is 7.81. The highest BCUT2D eigenvalue weighted by atomic mass is 19.1. The number of fused-ring (bicyclic) bond motifs is 1. The number of nitrogens with one attached hydrogen (secondary N) is 1. The van der Waals surface area contributed by atoms with Crippen molar-refractivity contribution in [3.05, 3.63) is 30.3 Å². The van der Waals surface area contributed by atoms with E-state index in [1.807, 2.05) is 25.7 Å². The molecule has 5 nitrogen and oxygen atoms in total. The van der Waals surface area contributed by atoms with E-state index in [-0.39, 0.29) is 23.2 Å². The highest BCUT2D eigenvalue weighted by molar-refractivity contribution is 5.90. The summed E-state index contributed by atoms with van der Waals surface area (Å²) < 4.78 is 13.6. The first-order chi connectivity index (χ1) is 10.8. The van der Waals surface area contributed by atoms with Crippen molar-refractivity contribution >= 4 is 22.6 Å². The summed E-state index contributed by atoms with van der Waals surface area (Å²) in [6, 6.07) is 4.49. The zero-order valence-corrected chi connectivity index (χ0v) is 13.6. The lowest BCUT2D eigenvalue weighted by molar-refractivity contribution is -0.125. The van der Waals surface area contributed by atoms with Gasteiger partial charge in [0.25, 0.3) is 0 Å². The fourth-order valence-electron chi connectivity index (χ4n) is 2.91. The predicted octanol–water partition coefficient (Wildman–Crippen LogP) is 2.51. The topological polar surface area (TPSA) is 58.1 Å². The fourth-order valence-corrected chi connectivity index (χ4v) is 2.91. The fraction of sp³-hybridized carbons (Fsp3) is 0.471. The molecule has 0 bridgehead atoms. The molecule has 0 spiro atoms. The number of carbonyl (C=O) groups is 1. The second-order valence-corrected chi connectivity index (χ2v) is 7.03. The highest BCUT2D eigenvalue weighted by Gasteiger charge is 2.31. The normalized spacial score (nSPS) is 18.4. The van der Waals surface area contributed by atoms with Gasteiger partial charge in [0.1, 0.15) is 18.0 Å². The summed E-state index contributed by atoms with van der Waals surface area (Å²) in [5.74, 6) is 0.368. The van der Waals surface area contributed by atoms with E-state index in [1.54, 1.807) is 6.07 Å². The Morgan fingerprint density at radius 3 is 2.87 bits per heavy atom. The summed E-state index contributed by atoms with van der Waals surface area (Å²) in [5, 5.41) is 3.71. The molecule has 0 aliphatic carbocycles. The van der Waals surface area contributed by atoms with Crippen LogP contribution in [-0.2, 0) is 4.79 Å². The van der Waals surface area contributed by atoms with Crippen LogP contribution in [0.15, 0.2) is 24.5 Å². The predicted molar refractivity (Wildman–Crippen MR) is 87.7 cm³/mol. The first kappa shape index (κ1) is 15.6. The van der Waals surface area contributed by atoms with Crippen LogP contribution in [0.5, 0.6) is 0 Å². The number of hydrogen-bond donors (Lipinski definition) is 1. The van der Waals surface area contributed by atoms with Gasteiger partial charge in [-0.2, -0.15) is 0 Å². The van der Waals surface area contributed by atoms with E-state index >= 15 is 0 Å². The smallest absolute Gasteiger partial charge is 0.225 e. The maximum Gasteiger partial charge on any atom is 0.225 e. The van der Waals surface area contributed by atoms with E-state index in [1.165, 1.54) is 18.5 Å². The van der Waals surface area contributed by atoms with Crippen molar-refractivity contribution in [3.63, 3.8) is 0 Å². The van der Waals surface area contributed by atoms with Crippen LogP contribution < -0.4 is 10.2 Å².